The summed E-state index contributed by atoms with van der Waals surface area (Å²) in [5, 5.41) is 13.3. The maximum atomic E-state index is 13.6. The molecule has 1 unspecified atom stereocenters. The molecule has 1 heterocycles. The fourth-order valence-electron chi connectivity index (χ4n) is 3.72. The Kier molecular flexibility index (Phi) is 10.1. The predicted molar refractivity (Wildman–Crippen MR) is 129 cm³/mol. The molecule has 2 atom stereocenters. The van der Waals surface area contributed by atoms with Crippen LogP contribution >= 0.6 is 0 Å². The molecule has 0 bridgehead atoms. The van der Waals surface area contributed by atoms with E-state index in [1.54, 1.807) is 6.92 Å². The number of hydrogen-bond acceptors (Lipinski definition) is 4. The zero-order valence-electron chi connectivity index (χ0n) is 21.2. The predicted octanol–water partition coefficient (Wildman–Crippen LogP) is 5.71. The van der Waals surface area contributed by atoms with Crippen molar-refractivity contribution in [2.45, 2.75) is 85.5 Å². The van der Waals surface area contributed by atoms with Gasteiger partial charge in [0.05, 0.1) is 11.2 Å². The number of aliphatic hydroxyl groups is 1. The van der Waals surface area contributed by atoms with E-state index in [0.717, 1.165) is 11.8 Å². The van der Waals surface area contributed by atoms with Gasteiger partial charge in [-0.15, -0.1) is 0 Å². The molecule has 1 rings (SSSR count). The molecule has 0 aromatic carbocycles. The highest BCUT2D eigenvalue weighted by molar-refractivity contribution is 6.07. The number of rotatable bonds is 10. The number of ether oxygens (including phenoxy) is 1. The number of aliphatic imine (C=N–C) groups is 1. The second-order valence-electron chi connectivity index (χ2n) is 10.0. The van der Waals surface area contributed by atoms with Gasteiger partial charge in [-0.3, -0.25) is 9.89 Å². The first kappa shape index (κ1) is 29.1. The van der Waals surface area contributed by atoms with Crippen LogP contribution < -0.4 is 5.32 Å². The van der Waals surface area contributed by atoms with Crippen LogP contribution in [0.25, 0.3) is 0 Å². The Balaban J connectivity index is 3.18. The molecule has 0 saturated heterocycles. The average molecular weight is 472 g/mol. The van der Waals surface area contributed by atoms with E-state index in [2.05, 4.69) is 23.5 Å². The molecule has 0 fully saturated rings. The Labute approximate surface area is 196 Å². The minimum Gasteiger partial charge on any atom is -0.356 e. The summed E-state index contributed by atoms with van der Waals surface area (Å²) in [6.07, 6.45) is -4.00. The molecule has 0 aromatic heterocycles. The molecule has 0 aromatic rings. The average Bonchev–Trinajstić information content (AvgIpc) is 3.06. The highest BCUT2D eigenvalue weighted by Gasteiger charge is 2.41. The van der Waals surface area contributed by atoms with Gasteiger partial charge in [-0.05, 0) is 59.0 Å². The van der Waals surface area contributed by atoms with Crippen LogP contribution in [0, 0.1) is 5.92 Å². The Hall–Kier alpha value is -1.90. The number of alkyl halides is 3. The molecule has 0 radical (unpaired) electrons. The summed E-state index contributed by atoms with van der Waals surface area (Å²) in [5.41, 5.74) is 0.416. The summed E-state index contributed by atoms with van der Waals surface area (Å²) in [6.45, 7) is 22.0. The summed E-state index contributed by atoms with van der Waals surface area (Å²) in [7, 11) is 1.45. The van der Waals surface area contributed by atoms with Crippen LogP contribution in [0.2, 0.25) is 0 Å². The molecule has 0 amide bonds. The van der Waals surface area contributed by atoms with Crippen molar-refractivity contribution in [1.29, 1.82) is 0 Å². The highest BCUT2D eigenvalue weighted by Crippen LogP contribution is 2.38. The summed E-state index contributed by atoms with van der Waals surface area (Å²) in [6, 6.07) is -0.146. The van der Waals surface area contributed by atoms with E-state index < -0.39 is 23.8 Å². The maximum absolute atomic E-state index is 13.6. The fourth-order valence-corrected chi connectivity index (χ4v) is 3.72. The largest absolute Gasteiger partial charge is 0.418 e. The summed E-state index contributed by atoms with van der Waals surface area (Å²) < 4.78 is 46.7. The first-order valence-electron chi connectivity index (χ1n) is 11.2. The first-order valence-corrected chi connectivity index (χ1v) is 11.2. The van der Waals surface area contributed by atoms with Gasteiger partial charge in [-0.25, -0.2) is 0 Å². The molecular weight excluding hydrogens is 431 g/mol. The zero-order valence-corrected chi connectivity index (χ0v) is 21.2. The van der Waals surface area contributed by atoms with Crippen LogP contribution in [-0.4, -0.2) is 53.7 Å². The van der Waals surface area contributed by atoms with Gasteiger partial charge < -0.3 is 15.2 Å². The molecule has 2 N–H and O–H groups in total. The van der Waals surface area contributed by atoms with E-state index >= 15 is 0 Å². The third-order valence-electron chi connectivity index (χ3n) is 5.10. The molecule has 5 nitrogen and oxygen atoms in total. The molecule has 1 aliphatic heterocycles. The van der Waals surface area contributed by atoms with Crippen LogP contribution in [0.5, 0.6) is 0 Å². The SMILES string of the molecule is C=C(C/C(C(=C)C)=C1\C(C(F)(F)F)=CN\C1=N\C)C[C@@H](C)N(CC(C)C)C(O)OC(C)(C)C. The van der Waals surface area contributed by atoms with E-state index in [4.69, 9.17) is 4.74 Å². The second-order valence-corrected chi connectivity index (χ2v) is 10.0. The molecule has 8 heteroatoms. The maximum Gasteiger partial charge on any atom is 0.418 e. The van der Waals surface area contributed by atoms with Crippen LogP contribution in [-0.2, 0) is 4.74 Å². The number of amidine groups is 1. The summed E-state index contributed by atoms with van der Waals surface area (Å²) in [5.74, 6) is 0.441. The number of nitrogens with one attached hydrogen (secondary N) is 1. The van der Waals surface area contributed by atoms with E-state index in [1.807, 2.05) is 46.4 Å². The zero-order chi connectivity index (χ0) is 25.7. The van der Waals surface area contributed by atoms with Gasteiger partial charge >= 0.3 is 6.18 Å². The van der Waals surface area contributed by atoms with E-state index in [1.165, 1.54) is 7.05 Å². The summed E-state index contributed by atoms with van der Waals surface area (Å²) >= 11 is 0. The number of nitrogens with zero attached hydrogens (tertiary/aromatic N) is 2. The van der Waals surface area contributed by atoms with Crippen LogP contribution in [0.1, 0.15) is 61.3 Å². The van der Waals surface area contributed by atoms with Crippen molar-refractivity contribution in [3.8, 4) is 0 Å². The third-order valence-corrected chi connectivity index (χ3v) is 5.10. The van der Waals surface area contributed by atoms with E-state index in [-0.39, 0.29) is 29.8 Å². The van der Waals surface area contributed by atoms with Crippen molar-refractivity contribution in [3.63, 3.8) is 0 Å². The van der Waals surface area contributed by atoms with Gasteiger partial charge in [-0.2, -0.15) is 13.2 Å². The van der Waals surface area contributed by atoms with Gasteiger partial charge in [-0.1, -0.05) is 38.2 Å². The smallest absolute Gasteiger partial charge is 0.356 e. The van der Waals surface area contributed by atoms with Crippen molar-refractivity contribution in [1.82, 2.24) is 10.2 Å². The van der Waals surface area contributed by atoms with E-state index in [9.17, 15) is 18.3 Å². The van der Waals surface area contributed by atoms with Crippen LogP contribution in [0.4, 0.5) is 13.2 Å². The Morgan fingerprint density at radius 1 is 1.21 bits per heavy atom. The minimum absolute atomic E-state index is 0.0152. The van der Waals surface area contributed by atoms with Crippen molar-refractivity contribution < 1.29 is 23.0 Å². The first-order chi connectivity index (χ1) is 15.0. The molecule has 0 aliphatic carbocycles. The van der Waals surface area contributed by atoms with Crippen LogP contribution in [0.3, 0.4) is 0 Å². The van der Waals surface area contributed by atoms with Crippen molar-refractivity contribution in [2.24, 2.45) is 10.9 Å². The normalized spacial score (nSPS) is 19.6. The summed E-state index contributed by atoms with van der Waals surface area (Å²) in [4.78, 5) is 5.84. The van der Waals surface area contributed by atoms with Crippen molar-refractivity contribution >= 4 is 5.84 Å². The lowest BCUT2D eigenvalue weighted by Gasteiger charge is -2.37. The van der Waals surface area contributed by atoms with Gasteiger partial charge in [0.1, 0.15) is 5.84 Å². The standard InChI is InChI=1S/C25H40F3N3O2/c1-15(2)14-31(23(32)33-24(7,8)9)18(6)11-17(5)12-19(16(3)4)21-20(25(26,27)28)13-30-22(21)29-10/h13,15,18,23,32H,3,5,11-12,14H2,1-2,4,6-10H3,(H,29,30)/b21-19-/t18-,23?/m1/s1. The van der Waals surface area contributed by atoms with Gasteiger partial charge in [0, 0.05) is 31.4 Å². The molecule has 1 aliphatic rings. The monoisotopic (exact) mass is 471 g/mol. The molecule has 0 saturated carbocycles. The lowest BCUT2D eigenvalue weighted by molar-refractivity contribution is -0.249. The quantitative estimate of drug-likeness (QED) is 0.317. The molecule has 0 spiro atoms. The Bertz CT molecular complexity index is 818. The minimum atomic E-state index is -4.52. The number of aliphatic hydroxyl groups excluding tert-OH is 1. The topological polar surface area (TPSA) is 57.1 Å². The molecule has 33 heavy (non-hydrogen) atoms. The fraction of sp³-hybridized carbons (Fsp3) is 0.640. The van der Waals surface area contributed by atoms with Crippen LogP contribution in [0.15, 0.2) is 52.2 Å². The number of halogens is 3. The molecule has 188 valence electrons. The Morgan fingerprint density at radius 3 is 2.21 bits per heavy atom. The molecular formula is C25H40F3N3O2. The lowest BCUT2D eigenvalue weighted by atomic mass is 9.89. The number of hydrogen-bond donors (Lipinski definition) is 2. The third kappa shape index (κ3) is 8.76. The second kappa shape index (κ2) is 11.5. The lowest BCUT2D eigenvalue weighted by Crippen LogP contribution is -2.48. The van der Waals surface area contributed by atoms with Gasteiger partial charge in [0.25, 0.3) is 0 Å². The van der Waals surface area contributed by atoms with E-state index in [0.29, 0.717) is 24.1 Å². The Morgan fingerprint density at radius 2 is 1.79 bits per heavy atom. The van der Waals surface area contributed by atoms with Crippen molar-refractivity contribution in [2.75, 3.05) is 13.6 Å². The van der Waals surface area contributed by atoms with Gasteiger partial charge in [0.2, 0.25) is 6.41 Å². The van der Waals surface area contributed by atoms with Crippen molar-refractivity contribution in [3.05, 3.63) is 47.2 Å². The number of allylic oxidation sites excluding steroid dienone is 2. The highest BCUT2D eigenvalue weighted by atomic mass is 19.4. The van der Waals surface area contributed by atoms with Gasteiger partial charge in [0.15, 0.2) is 0 Å².